The summed E-state index contributed by atoms with van der Waals surface area (Å²) in [6, 6.07) is 3.06. The molecule has 4 rings (SSSR count). The number of nitrogens with zero attached hydrogens (tertiary/aromatic N) is 3. The van der Waals surface area contributed by atoms with Crippen molar-refractivity contribution < 1.29 is 4.79 Å². The number of aromatic nitrogens is 3. The van der Waals surface area contributed by atoms with Gasteiger partial charge in [0.25, 0.3) is 5.91 Å². The Morgan fingerprint density at radius 3 is 2.75 bits per heavy atom. The maximum atomic E-state index is 13.1. The third kappa shape index (κ3) is 2.66. The molecule has 2 aliphatic rings. The molecule has 0 bridgehead atoms. The minimum atomic E-state index is -0.190. The van der Waals surface area contributed by atoms with Crippen molar-refractivity contribution in [2.45, 2.75) is 44.7 Å². The van der Waals surface area contributed by atoms with Gasteiger partial charge in [-0.15, -0.1) is 0 Å². The van der Waals surface area contributed by atoms with Gasteiger partial charge in [-0.25, -0.2) is 4.98 Å². The predicted octanol–water partition coefficient (Wildman–Crippen LogP) is 2.35. The second-order valence-corrected chi connectivity index (χ2v) is 6.76. The third-order valence-corrected chi connectivity index (χ3v) is 5.28. The number of aromatic amines is 1. The number of hydrogen-bond donors (Lipinski definition) is 1. The minimum Gasteiger partial charge on any atom is -0.333 e. The first kappa shape index (κ1) is 15.2. The third-order valence-electron chi connectivity index (χ3n) is 5.28. The van der Waals surface area contributed by atoms with Crippen LogP contribution in [0.15, 0.2) is 35.5 Å². The Morgan fingerprint density at radius 2 is 2.00 bits per heavy atom. The number of nitrogens with one attached hydrogen (secondary N) is 1. The van der Waals surface area contributed by atoms with Crippen LogP contribution in [0.25, 0.3) is 0 Å². The van der Waals surface area contributed by atoms with Crippen molar-refractivity contribution in [3.63, 3.8) is 0 Å². The van der Waals surface area contributed by atoms with E-state index in [0.29, 0.717) is 11.5 Å². The molecule has 1 amide bonds. The van der Waals surface area contributed by atoms with Crippen molar-refractivity contribution >= 4 is 5.91 Å². The van der Waals surface area contributed by atoms with Crippen molar-refractivity contribution in [1.82, 2.24) is 19.4 Å². The number of carbonyl (C=O) groups is 1. The summed E-state index contributed by atoms with van der Waals surface area (Å²) in [6.45, 7) is 1.62. The average Bonchev–Trinajstić information content (AvgIpc) is 3.24. The number of rotatable bonds is 2. The molecule has 1 unspecified atom stereocenters. The molecule has 1 saturated carbocycles. The monoisotopic (exact) mass is 326 g/mol. The Labute approximate surface area is 140 Å². The molecule has 2 aromatic rings. The Hall–Kier alpha value is -2.37. The summed E-state index contributed by atoms with van der Waals surface area (Å²) in [7, 11) is 0. The topological polar surface area (TPSA) is 71.0 Å². The first-order valence-electron chi connectivity index (χ1n) is 8.75. The molecule has 3 heterocycles. The van der Waals surface area contributed by atoms with Gasteiger partial charge in [-0.05, 0) is 31.2 Å². The predicted molar refractivity (Wildman–Crippen MR) is 89.6 cm³/mol. The summed E-state index contributed by atoms with van der Waals surface area (Å²) >= 11 is 0. The molecule has 2 aromatic heterocycles. The number of aryl methyl sites for hydroxylation is 1. The van der Waals surface area contributed by atoms with Crippen LogP contribution in [0.5, 0.6) is 0 Å². The van der Waals surface area contributed by atoms with E-state index in [9.17, 15) is 9.59 Å². The summed E-state index contributed by atoms with van der Waals surface area (Å²) in [6.07, 6.45) is 11.0. The second-order valence-electron chi connectivity index (χ2n) is 6.76. The molecule has 1 atom stereocenters. The summed E-state index contributed by atoms with van der Waals surface area (Å²) in [5.41, 5.74) is 0.350. The van der Waals surface area contributed by atoms with Crippen molar-refractivity contribution in [2.75, 3.05) is 6.54 Å². The van der Waals surface area contributed by atoms with Crippen LogP contribution in [-0.2, 0) is 6.54 Å². The molecule has 1 aliphatic heterocycles. The van der Waals surface area contributed by atoms with Gasteiger partial charge in [0.15, 0.2) is 0 Å². The fraction of sp³-hybridized carbons (Fsp3) is 0.500. The molecule has 6 heteroatoms. The quantitative estimate of drug-likeness (QED) is 0.921. The van der Waals surface area contributed by atoms with Gasteiger partial charge in [-0.1, -0.05) is 12.8 Å². The van der Waals surface area contributed by atoms with E-state index < -0.39 is 0 Å². The standard InChI is InChI=1S/C18H22N4O2/c23-15-7-6-14(12-20-15)18(24)22-10-3-9-21-11-8-19-17(21)16(22)13-4-1-2-5-13/h6-8,11-13,16H,1-5,9-10H2,(H,20,23). The summed E-state index contributed by atoms with van der Waals surface area (Å²) in [5.74, 6) is 1.47. The molecule has 1 N–H and O–H groups in total. The molecule has 1 aliphatic carbocycles. The highest BCUT2D eigenvalue weighted by Gasteiger charge is 2.37. The Bertz CT molecular complexity index is 768. The van der Waals surface area contributed by atoms with Crippen molar-refractivity contribution in [3.05, 3.63) is 52.5 Å². The molecule has 6 nitrogen and oxygen atoms in total. The molecule has 1 fully saturated rings. The van der Waals surface area contributed by atoms with E-state index in [4.69, 9.17) is 0 Å². The van der Waals surface area contributed by atoms with Crippen molar-refractivity contribution in [2.24, 2.45) is 5.92 Å². The number of carbonyl (C=O) groups excluding carboxylic acids is 1. The number of amides is 1. The van der Waals surface area contributed by atoms with Crippen LogP contribution < -0.4 is 5.56 Å². The van der Waals surface area contributed by atoms with E-state index >= 15 is 0 Å². The number of imidazole rings is 1. The lowest BCUT2D eigenvalue weighted by Gasteiger charge is -2.33. The Morgan fingerprint density at radius 1 is 1.17 bits per heavy atom. The van der Waals surface area contributed by atoms with Gasteiger partial charge in [-0.2, -0.15) is 0 Å². The van der Waals surface area contributed by atoms with Crippen LogP contribution in [0.2, 0.25) is 0 Å². The van der Waals surface area contributed by atoms with Gasteiger partial charge in [0.2, 0.25) is 5.56 Å². The van der Waals surface area contributed by atoms with Crippen LogP contribution >= 0.6 is 0 Å². The normalized spacial score (nSPS) is 21.5. The van der Waals surface area contributed by atoms with Gasteiger partial charge in [0, 0.05) is 37.7 Å². The van der Waals surface area contributed by atoms with Gasteiger partial charge >= 0.3 is 0 Å². The molecule has 0 spiro atoms. The number of fused-ring (bicyclic) bond motifs is 1. The fourth-order valence-electron chi connectivity index (χ4n) is 4.14. The number of hydrogen-bond acceptors (Lipinski definition) is 3. The largest absolute Gasteiger partial charge is 0.333 e. The van der Waals surface area contributed by atoms with Gasteiger partial charge in [0.1, 0.15) is 5.82 Å². The van der Waals surface area contributed by atoms with Gasteiger partial charge in [-0.3, -0.25) is 9.59 Å². The van der Waals surface area contributed by atoms with E-state index in [-0.39, 0.29) is 17.5 Å². The molecule has 0 radical (unpaired) electrons. The van der Waals surface area contributed by atoms with Crippen LogP contribution in [0.3, 0.4) is 0 Å². The zero-order chi connectivity index (χ0) is 16.5. The Balaban J connectivity index is 1.72. The zero-order valence-electron chi connectivity index (χ0n) is 13.6. The molecule has 0 saturated heterocycles. The van der Waals surface area contributed by atoms with Gasteiger partial charge < -0.3 is 14.5 Å². The molecule has 0 aromatic carbocycles. The summed E-state index contributed by atoms with van der Waals surface area (Å²) in [4.78, 5) is 33.6. The average molecular weight is 326 g/mol. The Kier molecular flexibility index (Phi) is 3.96. The highest BCUT2D eigenvalue weighted by molar-refractivity contribution is 5.94. The summed E-state index contributed by atoms with van der Waals surface area (Å²) < 4.78 is 2.20. The van der Waals surface area contributed by atoms with Gasteiger partial charge in [0.05, 0.1) is 11.6 Å². The van der Waals surface area contributed by atoms with Crippen LogP contribution in [0, 0.1) is 5.92 Å². The van der Waals surface area contributed by atoms with Crippen LogP contribution in [0.1, 0.15) is 54.3 Å². The highest BCUT2D eigenvalue weighted by atomic mass is 16.2. The number of pyridine rings is 1. The summed E-state index contributed by atoms with van der Waals surface area (Å²) in [5, 5.41) is 0. The van der Waals surface area contributed by atoms with Crippen LogP contribution in [0.4, 0.5) is 0 Å². The maximum absolute atomic E-state index is 13.1. The molecular formula is C18H22N4O2. The van der Waals surface area contributed by atoms with E-state index in [2.05, 4.69) is 14.5 Å². The maximum Gasteiger partial charge on any atom is 0.255 e. The van der Waals surface area contributed by atoms with Crippen LogP contribution in [-0.4, -0.2) is 31.9 Å². The smallest absolute Gasteiger partial charge is 0.255 e. The minimum absolute atomic E-state index is 0.0143. The van der Waals surface area contributed by atoms with E-state index in [1.54, 1.807) is 6.07 Å². The fourth-order valence-corrected chi connectivity index (χ4v) is 4.14. The highest BCUT2D eigenvalue weighted by Crippen LogP contribution is 2.40. The van der Waals surface area contributed by atoms with E-state index in [1.165, 1.54) is 25.1 Å². The lowest BCUT2D eigenvalue weighted by atomic mass is 9.95. The van der Waals surface area contributed by atoms with E-state index in [0.717, 1.165) is 38.2 Å². The van der Waals surface area contributed by atoms with Crippen molar-refractivity contribution in [1.29, 1.82) is 0 Å². The first-order chi connectivity index (χ1) is 11.7. The lowest BCUT2D eigenvalue weighted by Crippen LogP contribution is -2.39. The molecule has 126 valence electrons. The molecule has 24 heavy (non-hydrogen) atoms. The SMILES string of the molecule is O=C(c1ccc(=O)[nH]c1)N1CCCn2ccnc2C1C1CCCC1. The first-order valence-corrected chi connectivity index (χ1v) is 8.75. The van der Waals surface area contributed by atoms with E-state index in [1.807, 2.05) is 17.3 Å². The molecular weight excluding hydrogens is 304 g/mol. The van der Waals surface area contributed by atoms with Crippen molar-refractivity contribution in [3.8, 4) is 0 Å². The zero-order valence-corrected chi connectivity index (χ0v) is 13.6. The lowest BCUT2D eigenvalue weighted by molar-refractivity contribution is 0.0602. The number of H-pyrrole nitrogens is 1. The second kappa shape index (κ2) is 6.26.